The maximum Gasteiger partial charge on any atom is 0.337 e. The van der Waals surface area contributed by atoms with E-state index in [4.69, 9.17) is 16.3 Å². The third-order valence-corrected chi connectivity index (χ3v) is 17.4. The van der Waals surface area contributed by atoms with E-state index in [1.807, 2.05) is 0 Å². The Kier molecular flexibility index (Phi) is 12.3. The number of halogens is 1. The number of anilines is 1. The van der Waals surface area contributed by atoms with E-state index in [2.05, 4.69) is 58.8 Å². The Morgan fingerprint density at radius 3 is 2.25 bits per heavy atom. The van der Waals surface area contributed by atoms with Crippen LogP contribution in [0.4, 0.5) is 5.69 Å². The van der Waals surface area contributed by atoms with E-state index in [0.717, 1.165) is 70.6 Å². The standard InChI is InChI=1S/C47H69ClN2O6/c1-29(2)32-19-24-47(42(55)49-27-13-11-9-10-12-14-39(52)50-31-15-17-35(48)33(28-31)41(53)54)26-25-45(7)34(40(32)47)16-18-37-44(6)22-21-38(56-30(3)51)43(4,5)36(44)20-23-46(37,45)8/h15,17,28,32,34,36-38,40H,1,9-14,16,18-27H2,2-8H3,(H,49,55)(H,50,52)(H,53,54)/t32-,34+,36-,37?,38-,40+,44-,45+,46+,47-/m0/s1. The molecule has 3 N–H and O–H groups in total. The number of allylic oxidation sites excluding steroid dienone is 1. The van der Waals surface area contributed by atoms with Gasteiger partial charge < -0.3 is 20.5 Å². The van der Waals surface area contributed by atoms with E-state index in [9.17, 15) is 24.3 Å². The molecule has 310 valence electrons. The average molecular weight is 794 g/mol. The van der Waals surface area contributed by atoms with Gasteiger partial charge in [0.25, 0.3) is 0 Å². The lowest BCUT2D eigenvalue weighted by Crippen LogP contribution is -2.67. The molecule has 56 heavy (non-hydrogen) atoms. The minimum atomic E-state index is -1.13. The van der Waals surface area contributed by atoms with E-state index in [1.165, 1.54) is 43.4 Å². The van der Waals surface area contributed by atoms with Gasteiger partial charge in [0.2, 0.25) is 11.8 Å². The zero-order valence-corrected chi connectivity index (χ0v) is 36.0. The van der Waals surface area contributed by atoms with Crippen molar-refractivity contribution in [2.75, 3.05) is 11.9 Å². The number of fused-ring (bicyclic) bond motifs is 7. The SMILES string of the molecule is C=C(C)[C@@H]1CC[C@]2(C(=O)NCCCCCCCC(=O)Nc3ccc(Cl)c(C(=O)O)c3)CC[C@]3(C)[C@H](CCC4[C@@]5(C)CC[C@H](OC(C)=O)C(C)(C)[C@@H]5CC[C@]43C)[C@@H]12. The number of benzene rings is 1. The van der Waals surface area contributed by atoms with Crippen LogP contribution in [0.3, 0.4) is 0 Å². The number of esters is 1. The van der Waals surface area contributed by atoms with Gasteiger partial charge in [-0.3, -0.25) is 14.4 Å². The molecule has 8 nitrogen and oxygen atoms in total. The fourth-order valence-electron chi connectivity index (χ4n) is 14.2. The number of carbonyl (C=O) groups excluding carboxylic acids is 3. The number of ether oxygens (including phenoxy) is 1. The van der Waals surface area contributed by atoms with Crippen molar-refractivity contribution in [2.45, 2.75) is 157 Å². The van der Waals surface area contributed by atoms with Crippen LogP contribution in [0, 0.1) is 56.7 Å². The fourth-order valence-corrected chi connectivity index (χ4v) is 14.4. The maximum absolute atomic E-state index is 14.5. The first kappa shape index (κ1) is 42.7. The lowest BCUT2D eigenvalue weighted by Gasteiger charge is -2.72. The Hall–Kier alpha value is -2.87. The van der Waals surface area contributed by atoms with Crippen LogP contribution in [-0.2, 0) is 19.1 Å². The predicted octanol–water partition coefficient (Wildman–Crippen LogP) is 11.0. The van der Waals surface area contributed by atoms with Crippen molar-refractivity contribution < 1.29 is 29.0 Å². The first-order chi connectivity index (χ1) is 26.3. The summed E-state index contributed by atoms with van der Waals surface area (Å²) in [4.78, 5) is 50.4. The van der Waals surface area contributed by atoms with E-state index < -0.39 is 5.97 Å². The summed E-state index contributed by atoms with van der Waals surface area (Å²) < 4.78 is 5.96. The Balaban J connectivity index is 1.04. The number of unbranched alkanes of at least 4 members (excludes halogenated alkanes) is 4. The molecular weight excluding hydrogens is 724 g/mol. The average Bonchev–Trinajstić information content (AvgIpc) is 3.53. The van der Waals surface area contributed by atoms with Crippen LogP contribution >= 0.6 is 11.6 Å². The number of aromatic carboxylic acids is 1. The van der Waals surface area contributed by atoms with Crippen molar-refractivity contribution in [3.8, 4) is 0 Å². The molecule has 1 aromatic carbocycles. The second kappa shape index (κ2) is 16.1. The molecule has 10 atom stereocenters. The van der Waals surface area contributed by atoms with Gasteiger partial charge in [-0.1, -0.05) is 77.6 Å². The molecule has 0 radical (unpaired) electrons. The van der Waals surface area contributed by atoms with Gasteiger partial charge in [0, 0.05) is 31.0 Å². The molecule has 5 aliphatic carbocycles. The summed E-state index contributed by atoms with van der Waals surface area (Å²) in [5.74, 6) is 1.17. The Morgan fingerprint density at radius 2 is 1.55 bits per heavy atom. The van der Waals surface area contributed by atoms with Gasteiger partial charge in [0.15, 0.2) is 0 Å². The monoisotopic (exact) mass is 792 g/mol. The summed E-state index contributed by atoms with van der Waals surface area (Å²) >= 11 is 5.95. The zero-order valence-electron chi connectivity index (χ0n) is 35.3. The van der Waals surface area contributed by atoms with Crippen molar-refractivity contribution >= 4 is 41.0 Å². The quantitative estimate of drug-likeness (QED) is 0.104. The Labute approximate surface area is 341 Å². The number of hydrogen-bond acceptors (Lipinski definition) is 5. The summed E-state index contributed by atoms with van der Waals surface area (Å²) in [6, 6.07) is 4.47. The summed E-state index contributed by atoms with van der Waals surface area (Å²) in [5.41, 5.74) is 1.80. The molecular formula is C47H69ClN2O6. The van der Waals surface area contributed by atoms with Crippen LogP contribution in [0.15, 0.2) is 30.4 Å². The molecule has 0 aromatic heterocycles. The molecule has 0 heterocycles. The van der Waals surface area contributed by atoms with Gasteiger partial charge in [-0.05, 0) is 148 Å². The largest absolute Gasteiger partial charge is 0.478 e. The van der Waals surface area contributed by atoms with Crippen molar-refractivity contribution in [3.63, 3.8) is 0 Å². The highest BCUT2D eigenvalue weighted by molar-refractivity contribution is 6.33. The molecule has 0 bridgehead atoms. The molecule has 0 saturated heterocycles. The van der Waals surface area contributed by atoms with Crippen LogP contribution in [0.25, 0.3) is 0 Å². The van der Waals surface area contributed by atoms with E-state index in [1.54, 1.807) is 13.0 Å². The number of nitrogens with one attached hydrogen (secondary N) is 2. The van der Waals surface area contributed by atoms with Gasteiger partial charge in [-0.15, -0.1) is 0 Å². The number of hydrogen-bond donors (Lipinski definition) is 3. The lowest BCUT2D eigenvalue weighted by molar-refractivity contribution is -0.248. The van der Waals surface area contributed by atoms with Gasteiger partial charge in [-0.25, -0.2) is 4.79 Å². The molecule has 5 saturated carbocycles. The summed E-state index contributed by atoms with van der Waals surface area (Å²) in [7, 11) is 0. The van der Waals surface area contributed by atoms with Gasteiger partial charge in [0.1, 0.15) is 6.10 Å². The predicted molar refractivity (Wildman–Crippen MR) is 222 cm³/mol. The number of rotatable bonds is 13. The Morgan fingerprint density at radius 1 is 0.839 bits per heavy atom. The van der Waals surface area contributed by atoms with Crippen LogP contribution in [0.5, 0.6) is 0 Å². The summed E-state index contributed by atoms with van der Waals surface area (Å²) in [5, 5.41) is 15.7. The topological polar surface area (TPSA) is 122 Å². The first-order valence-corrected chi connectivity index (χ1v) is 22.1. The van der Waals surface area contributed by atoms with Crippen molar-refractivity contribution in [2.24, 2.45) is 56.7 Å². The minimum absolute atomic E-state index is 0.0175. The zero-order chi connectivity index (χ0) is 40.8. The molecule has 2 amide bonds. The number of carbonyl (C=O) groups is 4. The minimum Gasteiger partial charge on any atom is -0.478 e. The summed E-state index contributed by atoms with van der Waals surface area (Å²) in [6.07, 6.45) is 15.8. The van der Waals surface area contributed by atoms with E-state index in [0.29, 0.717) is 48.2 Å². The molecule has 1 aromatic rings. The van der Waals surface area contributed by atoms with Crippen LogP contribution in [0.1, 0.15) is 162 Å². The van der Waals surface area contributed by atoms with Crippen LogP contribution in [0.2, 0.25) is 5.02 Å². The van der Waals surface area contributed by atoms with Crippen molar-refractivity contribution in [3.05, 3.63) is 40.9 Å². The van der Waals surface area contributed by atoms with Crippen molar-refractivity contribution in [1.82, 2.24) is 5.32 Å². The molecule has 6 rings (SSSR count). The number of carboxylic acid groups (broad SMARTS) is 1. The van der Waals surface area contributed by atoms with Crippen LogP contribution < -0.4 is 10.6 Å². The number of amides is 2. The fraction of sp³-hybridized carbons (Fsp3) is 0.745. The molecule has 9 heteroatoms. The second-order valence-corrected chi connectivity index (χ2v) is 20.5. The third-order valence-electron chi connectivity index (χ3n) is 17.1. The smallest absolute Gasteiger partial charge is 0.337 e. The number of carboxylic acids is 1. The Bertz CT molecular complexity index is 1710. The second-order valence-electron chi connectivity index (χ2n) is 20.1. The van der Waals surface area contributed by atoms with Gasteiger partial charge >= 0.3 is 11.9 Å². The van der Waals surface area contributed by atoms with Gasteiger partial charge in [0.05, 0.1) is 16.0 Å². The highest BCUT2D eigenvalue weighted by atomic mass is 35.5. The summed E-state index contributed by atoms with van der Waals surface area (Å²) in [6.45, 7) is 21.5. The third kappa shape index (κ3) is 7.36. The molecule has 5 fully saturated rings. The molecule has 0 aliphatic heterocycles. The first-order valence-electron chi connectivity index (χ1n) is 21.8. The normalized spacial score (nSPS) is 36.9. The molecule has 1 unspecified atom stereocenters. The van der Waals surface area contributed by atoms with E-state index >= 15 is 0 Å². The highest BCUT2D eigenvalue weighted by Gasteiger charge is 2.72. The van der Waals surface area contributed by atoms with Crippen molar-refractivity contribution in [1.29, 1.82) is 0 Å². The molecule has 5 aliphatic rings. The van der Waals surface area contributed by atoms with E-state index in [-0.39, 0.29) is 61.5 Å². The maximum atomic E-state index is 14.5. The van der Waals surface area contributed by atoms with Gasteiger partial charge in [-0.2, -0.15) is 0 Å². The lowest BCUT2D eigenvalue weighted by atomic mass is 9.32. The highest BCUT2D eigenvalue weighted by Crippen LogP contribution is 2.77. The molecule has 0 spiro atoms. The van der Waals surface area contributed by atoms with Crippen LogP contribution in [-0.4, -0.2) is 41.5 Å².